The number of rotatable bonds is 5. The number of ether oxygens (including phenoxy) is 3. The van der Waals surface area contributed by atoms with Crippen LogP contribution in [0.25, 0.3) is 0 Å². The maximum atomic E-state index is 13.2. The molecule has 1 rings (SSSR count). The second-order valence-corrected chi connectivity index (χ2v) is 9.43. The van der Waals surface area contributed by atoms with E-state index in [1.165, 1.54) is 19.5 Å². The Kier molecular flexibility index (Phi) is 8.37. The van der Waals surface area contributed by atoms with Gasteiger partial charge in [-0.25, -0.2) is 19.4 Å². The minimum absolute atomic E-state index is 0.0560. The second kappa shape index (κ2) is 9.93. The lowest BCUT2D eigenvalue weighted by Gasteiger charge is -2.28. The molecule has 1 aromatic heterocycles. The van der Waals surface area contributed by atoms with E-state index < -0.39 is 46.8 Å². The standard InChI is InChI=1S/C21H33N3O7/c1-13(2)12-14(17(26)29-9)23-11-10-22-15(16(23)25)24(18(27)30-20(3,4)5)19(28)31-21(6,7)8/h10-11,13-14H,12H2,1-9H3/t14-/m0/s1. The van der Waals surface area contributed by atoms with Gasteiger partial charge in [0.1, 0.15) is 17.2 Å². The molecule has 0 bridgehead atoms. The minimum Gasteiger partial charge on any atom is -0.467 e. The summed E-state index contributed by atoms with van der Waals surface area (Å²) in [6, 6.07) is -0.960. The van der Waals surface area contributed by atoms with Crippen LogP contribution in [0.5, 0.6) is 0 Å². The molecule has 174 valence electrons. The minimum atomic E-state index is -1.12. The Morgan fingerprint density at radius 2 is 1.52 bits per heavy atom. The van der Waals surface area contributed by atoms with Gasteiger partial charge in [-0.1, -0.05) is 13.8 Å². The number of methoxy groups -OCH3 is 1. The van der Waals surface area contributed by atoms with Crippen LogP contribution < -0.4 is 10.5 Å². The summed E-state index contributed by atoms with van der Waals surface area (Å²) < 4.78 is 16.5. The largest absolute Gasteiger partial charge is 0.467 e. The third-order valence-corrected chi connectivity index (χ3v) is 3.72. The van der Waals surface area contributed by atoms with Gasteiger partial charge in [-0.2, -0.15) is 4.90 Å². The van der Waals surface area contributed by atoms with Gasteiger partial charge in [-0.05, 0) is 53.9 Å². The highest BCUT2D eigenvalue weighted by atomic mass is 16.6. The third kappa shape index (κ3) is 7.69. The zero-order valence-corrected chi connectivity index (χ0v) is 19.7. The highest BCUT2D eigenvalue weighted by Crippen LogP contribution is 2.21. The average Bonchev–Trinajstić information content (AvgIpc) is 2.57. The Morgan fingerprint density at radius 1 is 1.03 bits per heavy atom. The fourth-order valence-corrected chi connectivity index (χ4v) is 2.58. The number of carbonyl (C=O) groups is 3. The van der Waals surface area contributed by atoms with Gasteiger partial charge in [0.25, 0.3) is 5.56 Å². The molecule has 0 aromatic carbocycles. The lowest BCUT2D eigenvalue weighted by atomic mass is 10.0. The normalized spacial score (nSPS) is 12.8. The summed E-state index contributed by atoms with van der Waals surface area (Å²) in [4.78, 5) is 55.5. The van der Waals surface area contributed by atoms with Gasteiger partial charge in [0, 0.05) is 12.4 Å². The number of aromatic nitrogens is 2. The van der Waals surface area contributed by atoms with Crippen molar-refractivity contribution in [2.24, 2.45) is 5.92 Å². The number of imide groups is 1. The lowest BCUT2D eigenvalue weighted by molar-refractivity contribution is -0.145. The Labute approximate surface area is 182 Å². The molecule has 0 saturated carbocycles. The van der Waals surface area contributed by atoms with E-state index in [-0.39, 0.29) is 5.92 Å². The van der Waals surface area contributed by atoms with E-state index in [1.54, 1.807) is 41.5 Å². The van der Waals surface area contributed by atoms with Crippen LogP contribution in [-0.4, -0.2) is 46.0 Å². The van der Waals surface area contributed by atoms with Crippen LogP contribution in [0.4, 0.5) is 15.4 Å². The van der Waals surface area contributed by atoms with Gasteiger partial charge in [0.15, 0.2) is 0 Å². The number of esters is 1. The molecule has 0 unspecified atom stereocenters. The Balaban J connectivity index is 3.60. The van der Waals surface area contributed by atoms with Crippen LogP contribution in [0.1, 0.15) is 67.9 Å². The molecule has 0 saturated heterocycles. The number of amides is 2. The van der Waals surface area contributed by atoms with Crippen molar-refractivity contribution in [3.63, 3.8) is 0 Å². The van der Waals surface area contributed by atoms with Gasteiger partial charge in [0.05, 0.1) is 7.11 Å². The van der Waals surface area contributed by atoms with Crippen molar-refractivity contribution in [3.05, 3.63) is 22.7 Å². The van der Waals surface area contributed by atoms with Crippen molar-refractivity contribution in [2.75, 3.05) is 12.0 Å². The Morgan fingerprint density at radius 3 is 1.90 bits per heavy atom. The molecule has 0 radical (unpaired) electrons. The van der Waals surface area contributed by atoms with Crippen LogP contribution >= 0.6 is 0 Å². The molecule has 10 heteroatoms. The number of nitrogens with zero attached hydrogens (tertiary/aromatic N) is 3. The molecule has 0 N–H and O–H groups in total. The van der Waals surface area contributed by atoms with Crippen LogP contribution in [-0.2, 0) is 19.0 Å². The predicted octanol–water partition coefficient (Wildman–Crippen LogP) is 3.68. The van der Waals surface area contributed by atoms with E-state index in [1.807, 2.05) is 13.8 Å². The molecule has 1 atom stereocenters. The molecule has 31 heavy (non-hydrogen) atoms. The molecule has 0 fully saturated rings. The molecule has 0 spiro atoms. The van der Waals surface area contributed by atoms with Crippen molar-refractivity contribution in [2.45, 2.75) is 79.1 Å². The first-order valence-corrected chi connectivity index (χ1v) is 9.98. The molecule has 0 aliphatic rings. The first-order valence-electron chi connectivity index (χ1n) is 9.98. The van der Waals surface area contributed by atoms with Crippen molar-refractivity contribution in [3.8, 4) is 0 Å². The summed E-state index contributed by atoms with van der Waals surface area (Å²) in [5.74, 6) is -1.11. The fourth-order valence-electron chi connectivity index (χ4n) is 2.58. The first kappa shape index (κ1) is 26.1. The summed E-state index contributed by atoms with van der Waals surface area (Å²) in [5, 5.41) is 0. The number of carbonyl (C=O) groups excluding carboxylic acids is 3. The molecular weight excluding hydrogens is 406 g/mol. The van der Waals surface area contributed by atoms with E-state index in [0.29, 0.717) is 11.3 Å². The molecule has 10 nitrogen and oxygen atoms in total. The van der Waals surface area contributed by atoms with Crippen molar-refractivity contribution in [1.82, 2.24) is 9.55 Å². The van der Waals surface area contributed by atoms with Crippen molar-refractivity contribution in [1.29, 1.82) is 0 Å². The summed E-state index contributed by atoms with van der Waals surface area (Å²) in [5.41, 5.74) is -2.73. The molecule has 1 heterocycles. The van der Waals surface area contributed by atoms with E-state index in [9.17, 15) is 19.2 Å². The van der Waals surface area contributed by atoms with Gasteiger partial charge in [0.2, 0.25) is 5.82 Å². The smallest absolute Gasteiger partial charge is 0.425 e. The second-order valence-electron chi connectivity index (χ2n) is 9.43. The zero-order valence-electron chi connectivity index (χ0n) is 19.7. The maximum Gasteiger partial charge on any atom is 0.425 e. The highest BCUT2D eigenvalue weighted by Gasteiger charge is 2.36. The molecular formula is C21H33N3O7. The van der Waals surface area contributed by atoms with Crippen molar-refractivity contribution >= 4 is 24.0 Å². The van der Waals surface area contributed by atoms with Gasteiger partial charge in [-0.15, -0.1) is 0 Å². The van der Waals surface area contributed by atoms with E-state index >= 15 is 0 Å². The lowest BCUT2D eigenvalue weighted by Crippen LogP contribution is -2.47. The van der Waals surface area contributed by atoms with Crippen LogP contribution in [0.3, 0.4) is 0 Å². The molecule has 0 aliphatic carbocycles. The van der Waals surface area contributed by atoms with Gasteiger partial charge >= 0.3 is 18.2 Å². The highest BCUT2D eigenvalue weighted by molar-refractivity contribution is 6.08. The van der Waals surface area contributed by atoms with Crippen LogP contribution in [0.2, 0.25) is 0 Å². The van der Waals surface area contributed by atoms with E-state index in [2.05, 4.69) is 4.98 Å². The summed E-state index contributed by atoms with van der Waals surface area (Å²) in [6.45, 7) is 13.5. The first-order chi connectivity index (χ1) is 14.1. The van der Waals surface area contributed by atoms with Crippen LogP contribution in [0.15, 0.2) is 17.2 Å². The summed E-state index contributed by atoms with van der Waals surface area (Å²) in [6.07, 6.45) is 0.576. The zero-order chi connectivity index (χ0) is 24.1. The number of anilines is 1. The Bertz CT molecular complexity index is 835. The Hall–Kier alpha value is -2.91. The van der Waals surface area contributed by atoms with E-state index in [4.69, 9.17) is 14.2 Å². The molecule has 2 amide bonds. The summed E-state index contributed by atoms with van der Waals surface area (Å²) >= 11 is 0. The number of hydrogen-bond acceptors (Lipinski definition) is 8. The maximum absolute atomic E-state index is 13.2. The van der Waals surface area contributed by atoms with Gasteiger partial charge < -0.3 is 14.2 Å². The monoisotopic (exact) mass is 439 g/mol. The van der Waals surface area contributed by atoms with Crippen LogP contribution in [0, 0.1) is 5.92 Å². The van der Waals surface area contributed by atoms with E-state index in [0.717, 1.165) is 4.57 Å². The SMILES string of the molecule is COC(=O)[C@H](CC(C)C)n1ccnc(N(C(=O)OC(C)(C)C)C(=O)OC(C)(C)C)c1=O. The molecule has 0 aliphatic heterocycles. The fraction of sp³-hybridized carbons (Fsp3) is 0.667. The topological polar surface area (TPSA) is 117 Å². The number of hydrogen-bond donors (Lipinski definition) is 0. The summed E-state index contributed by atoms with van der Waals surface area (Å²) in [7, 11) is 1.22. The van der Waals surface area contributed by atoms with Crippen molar-refractivity contribution < 1.29 is 28.6 Å². The third-order valence-electron chi connectivity index (χ3n) is 3.72. The average molecular weight is 440 g/mol. The predicted molar refractivity (Wildman–Crippen MR) is 114 cm³/mol. The quantitative estimate of drug-likeness (QED) is 0.504. The van der Waals surface area contributed by atoms with Gasteiger partial charge in [-0.3, -0.25) is 9.36 Å². The molecule has 1 aromatic rings.